The lowest BCUT2D eigenvalue weighted by molar-refractivity contribution is 0.415. The fourth-order valence-electron chi connectivity index (χ4n) is 2.67. The maximum Gasteiger partial charge on any atom is 0.223 e. The van der Waals surface area contributed by atoms with Crippen LogP contribution in [0.25, 0.3) is 11.4 Å². The molecule has 0 unspecified atom stereocenters. The van der Waals surface area contributed by atoms with E-state index in [0.29, 0.717) is 17.7 Å². The van der Waals surface area contributed by atoms with E-state index in [-0.39, 0.29) is 0 Å². The Hall–Kier alpha value is -2.17. The minimum atomic E-state index is 0.291. The number of nitrogens with zero attached hydrogens (tertiary/aromatic N) is 3. The SMILES string of the molecule is COc1cccc(-c2nc(N)nc(C3CCCC3)n2)c1. The summed E-state index contributed by atoms with van der Waals surface area (Å²) in [4.78, 5) is 13.2. The van der Waals surface area contributed by atoms with Crippen LogP contribution in [0.15, 0.2) is 24.3 Å². The summed E-state index contributed by atoms with van der Waals surface area (Å²) in [5.74, 6) is 2.94. The quantitative estimate of drug-likeness (QED) is 0.928. The number of ether oxygens (including phenoxy) is 1. The minimum absolute atomic E-state index is 0.291. The van der Waals surface area contributed by atoms with Crippen LogP contribution in [-0.4, -0.2) is 22.1 Å². The van der Waals surface area contributed by atoms with Gasteiger partial charge in [0.1, 0.15) is 11.6 Å². The molecule has 1 aromatic carbocycles. The molecule has 1 heterocycles. The lowest BCUT2D eigenvalue weighted by atomic mass is 10.1. The van der Waals surface area contributed by atoms with Gasteiger partial charge in [-0.25, -0.2) is 4.98 Å². The highest BCUT2D eigenvalue weighted by atomic mass is 16.5. The molecule has 0 amide bonds. The van der Waals surface area contributed by atoms with Gasteiger partial charge in [-0.1, -0.05) is 25.0 Å². The zero-order valence-electron chi connectivity index (χ0n) is 11.5. The van der Waals surface area contributed by atoms with Gasteiger partial charge in [-0.3, -0.25) is 0 Å². The van der Waals surface area contributed by atoms with Crippen LogP contribution in [0.4, 0.5) is 5.95 Å². The van der Waals surface area contributed by atoms with Crippen molar-refractivity contribution in [2.75, 3.05) is 12.8 Å². The Morgan fingerprint density at radius 1 is 1.15 bits per heavy atom. The first-order valence-corrected chi connectivity index (χ1v) is 6.92. The number of nitrogens with two attached hydrogens (primary N) is 1. The summed E-state index contributed by atoms with van der Waals surface area (Å²) >= 11 is 0. The molecule has 1 fully saturated rings. The molecule has 3 rings (SSSR count). The molecule has 2 aromatic rings. The van der Waals surface area contributed by atoms with Gasteiger partial charge in [0.2, 0.25) is 5.95 Å². The van der Waals surface area contributed by atoms with Crippen molar-refractivity contribution in [3.05, 3.63) is 30.1 Å². The molecule has 1 aromatic heterocycles. The molecular weight excluding hydrogens is 252 g/mol. The second kappa shape index (κ2) is 5.45. The average Bonchev–Trinajstić information content (AvgIpc) is 3.01. The highest BCUT2D eigenvalue weighted by Gasteiger charge is 2.21. The molecule has 1 aliphatic carbocycles. The number of aromatic nitrogens is 3. The molecule has 1 aliphatic rings. The number of anilines is 1. The molecule has 5 nitrogen and oxygen atoms in total. The first kappa shape index (κ1) is 12.8. The van der Waals surface area contributed by atoms with Gasteiger partial charge in [-0.05, 0) is 25.0 Å². The van der Waals surface area contributed by atoms with Gasteiger partial charge in [-0.15, -0.1) is 0 Å². The van der Waals surface area contributed by atoms with Crippen LogP contribution in [0.5, 0.6) is 5.75 Å². The Labute approximate surface area is 118 Å². The number of nitrogen functional groups attached to an aromatic ring is 1. The summed E-state index contributed by atoms with van der Waals surface area (Å²) in [7, 11) is 1.64. The number of methoxy groups -OCH3 is 1. The minimum Gasteiger partial charge on any atom is -0.497 e. The summed E-state index contributed by atoms with van der Waals surface area (Å²) in [6.45, 7) is 0. The molecule has 2 N–H and O–H groups in total. The van der Waals surface area contributed by atoms with E-state index < -0.39 is 0 Å². The van der Waals surface area contributed by atoms with Crippen LogP contribution >= 0.6 is 0 Å². The molecule has 0 saturated heterocycles. The molecule has 0 radical (unpaired) electrons. The Bertz CT molecular complexity index is 609. The maximum atomic E-state index is 5.84. The van der Waals surface area contributed by atoms with Gasteiger partial charge in [-0.2, -0.15) is 9.97 Å². The Morgan fingerprint density at radius 3 is 2.70 bits per heavy atom. The predicted octanol–water partition coefficient (Wildman–Crippen LogP) is 2.79. The van der Waals surface area contributed by atoms with Crippen LogP contribution in [-0.2, 0) is 0 Å². The van der Waals surface area contributed by atoms with E-state index in [1.807, 2.05) is 24.3 Å². The molecular formula is C15H18N4O. The Balaban J connectivity index is 1.99. The molecule has 0 spiro atoms. The van der Waals surface area contributed by atoms with Crippen molar-refractivity contribution in [3.63, 3.8) is 0 Å². The molecule has 0 bridgehead atoms. The Morgan fingerprint density at radius 2 is 1.95 bits per heavy atom. The van der Waals surface area contributed by atoms with Gasteiger partial charge in [0.25, 0.3) is 0 Å². The van der Waals surface area contributed by atoms with E-state index >= 15 is 0 Å². The summed E-state index contributed by atoms with van der Waals surface area (Å²) < 4.78 is 5.23. The third-order valence-corrected chi connectivity index (χ3v) is 3.72. The molecule has 104 valence electrons. The molecule has 5 heteroatoms. The number of benzene rings is 1. The summed E-state index contributed by atoms with van der Waals surface area (Å²) in [6.07, 6.45) is 4.76. The van der Waals surface area contributed by atoms with Crippen molar-refractivity contribution in [1.82, 2.24) is 15.0 Å². The normalized spacial score (nSPS) is 15.4. The van der Waals surface area contributed by atoms with E-state index in [4.69, 9.17) is 10.5 Å². The number of hydrogen-bond donors (Lipinski definition) is 1. The summed E-state index contributed by atoms with van der Waals surface area (Å²) in [5, 5.41) is 0. The smallest absolute Gasteiger partial charge is 0.223 e. The summed E-state index contributed by atoms with van der Waals surface area (Å²) in [5.41, 5.74) is 6.74. The summed E-state index contributed by atoms with van der Waals surface area (Å²) in [6, 6.07) is 7.68. The van der Waals surface area contributed by atoms with Gasteiger partial charge < -0.3 is 10.5 Å². The fraction of sp³-hybridized carbons (Fsp3) is 0.400. The van der Waals surface area contributed by atoms with Crippen molar-refractivity contribution in [2.24, 2.45) is 0 Å². The number of rotatable bonds is 3. The van der Waals surface area contributed by atoms with Gasteiger partial charge in [0, 0.05) is 11.5 Å². The third-order valence-electron chi connectivity index (χ3n) is 3.72. The second-order valence-electron chi connectivity index (χ2n) is 5.09. The standard InChI is InChI=1S/C15H18N4O/c1-20-12-8-4-7-11(9-12)14-17-13(18-15(16)19-14)10-5-2-3-6-10/h4,7-10H,2-3,5-6H2,1H3,(H2,16,17,18,19). The van der Waals surface area contributed by atoms with Crippen molar-refractivity contribution in [1.29, 1.82) is 0 Å². The van der Waals surface area contributed by atoms with Gasteiger partial charge >= 0.3 is 0 Å². The molecule has 0 aliphatic heterocycles. The van der Waals surface area contributed by atoms with Crippen molar-refractivity contribution < 1.29 is 4.74 Å². The molecule has 1 saturated carbocycles. The number of hydrogen-bond acceptors (Lipinski definition) is 5. The van der Waals surface area contributed by atoms with Crippen molar-refractivity contribution >= 4 is 5.95 Å². The lowest BCUT2D eigenvalue weighted by Crippen LogP contribution is -2.07. The van der Waals surface area contributed by atoms with E-state index in [1.165, 1.54) is 12.8 Å². The second-order valence-corrected chi connectivity index (χ2v) is 5.09. The average molecular weight is 270 g/mol. The maximum absolute atomic E-state index is 5.84. The van der Waals surface area contributed by atoms with Crippen LogP contribution in [0.2, 0.25) is 0 Å². The highest BCUT2D eigenvalue weighted by molar-refractivity contribution is 5.58. The van der Waals surface area contributed by atoms with E-state index in [0.717, 1.165) is 30.0 Å². The van der Waals surface area contributed by atoms with E-state index in [2.05, 4.69) is 15.0 Å². The van der Waals surface area contributed by atoms with Gasteiger partial charge in [0.05, 0.1) is 7.11 Å². The first-order valence-electron chi connectivity index (χ1n) is 6.92. The van der Waals surface area contributed by atoms with Crippen LogP contribution in [0.3, 0.4) is 0 Å². The van der Waals surface area contributed by atoms with Crippen LogP contribution in [0.1, 0.15) is 37.4 Å². The highest BCUT2D eigenvalue weighted by Crippen LogP contribution is 2.33. The monoisotopic (exact) mass is 270 g/mol. The topological polar surface area (TPSA) is 73.9 Å². The van der Waals surface area contributed by atoms with E-state index in [9.17, 15) is 0 Å². The zero-order valence-corrected chi connectivity index (χ0v) is 11.5. The fourth-order valence-corrected chi connectivity index (χ4v) is 2.67. The third kappa shape index (κ3) is 2.57. The lowest BCUT2D eigenvalue weighted by Gasteiger charge is -2.10. The predicted molar refractivity (Wildman–Crippen MR) is 77.4 cm³/mol. The van der Waals surface area contributed by atoms with Crippen molar-refractivity contribution in [3.8, 4) is 17.1 Å². The van der Waals surface area contributed by atoms with E-state index in [1.54, 1.807) is 7.11 Å². The molecule has 0 atom stereocenters. The first-order chi connectivity index (χ1) is 9.76. The van der Waals surface area contributed by atoms with Crippen LogP contribution < -0.4 is 10.5 Å². The Kier molecular flexibility index (Phi) is 3.50. The molecule has 20 heavy (non-hydrogen) atoms. The van der Waals surface area contributed by atoms with Gasteiger partial charge in [0.15, 0.2) is 5.82 Å². The zero-order chi connectivity index (χ0) is 13.9. The van der Waals surface area contributed by atoms with Crippen molar-refractivity contribution in [2.45, 2.75) is 31.6 Å². The van der Waals surface area contributed by atoms with Crippen LogP contribution in [0, 0.1) is 0 Å². The largest absolute Gasteiger partial charge is 0.497 e.